The van der Waals surface area contributed by atoms with Gasteiger partial charge in [-0.05, 0) is 44.9 Å². The van der Waals surface area contributed by atoms with Crippen LogP contribution in [0, 0.1) is 27.7 Å². The standard InChI is InChI=1S/C18H18N2O/c1-11-6-5-7-12(2)18(11)20-14(4)9-17(21)15-10-19-13(3)8-16(15)20/h5-10H,1-4H3. The molecule has 3 rings (SSSR count). The normalized spacial score (nSPS) is 11.0. The molecule has 2 heterocycles. The van der Waals surface area contributed by atoms with Gasteiger partial charge in [0, 0.05) is 23.7 Å². The van der Waals surface area contributed by atoms with Crippen LogP contribution in [-0.4, -0.2) is 9.55 Å². The summed E-state index contributed by atoms with van der Waals surface area (Å²) in [6.45, 7) is 8.11. The molecule has 0 saturated heterocycles. The van der Waals surface area contributed by atoms with E-state index in [2.05, 4.69) is 41.6 Å². The molecule has 0 saturated carbocycles. The smallest absolute Gasteiger partial charge is 0.191 e. The zero-order chi connectivity index (χ0) is 15.1. The number of aromatic nitrogens is 2. The summed E-state index contributed by atoms with van der Waals surface area (Å²) in [4.78, 5) is 16.5. The number of fused-ring (bicyclic) bond motifs is 1. The average molecular weight is 278 g/mol. The van der Waals surface area contributed by atoms with Crippen LogP contribution >= 0.6 is 0 Å². The van der Waals surface area contributed by atoms with E-state index >= 15 is 0 Å². The number of para-hydroxylation sites is 1. The molecule has 0 N–H and O–H groups in total. The van der Waals surface area contributed by atoms with E-state index in [0.717, 1.165) is 22.6 Å². The Morgan fingerprint density at radius 2 is 1.67 bits per heavy atom. The molecule has 0 radical (unpaired) electrons. The van der Waals surface area contributed by atoms with Crippen molar-refractivity contribution in [2.75, 3.05) is 0 Å². The van der Waals surface area contributed by atoms with Gasteiger partial charge in [0.1, 0.15) is 0 Å². The highest BCUT2D eigenvalue weighted by molar-refractivity contribution is 5.81. The van der Waals surface area contributed by atoms with E-state index in [-0.39, 0.29) is 5.43 Å². The minimum absolute atomic E-state index is 0.0255. The molecule has 0 aliphatic heterocycles. The molecule has 3 heteroatoms. The van der Waals surface area contributed by atoms with Crippen LogP contribution in [0.25, 0.3) is 16.6 Å². The van der Waals surface area contributed by atoms with Gasteiger partial charge in [-0.3, -0.25) is 9.78 Å². The maximum absolute atomic E-state index is 12.2. The van der Waals surface area contributed by atoms with Crippen LogP contribution in [0.3, 0.4) is 0 Å². The molecular weight excluding hydrogens is 260 g/mol. The number of rotatable bonds is 1. The van der Waals surface area contributed by atoms with Gasteiger partial charge in [-0.15, -0.1) is 0 Å². The first kappa shape index (κ1) is 13.6. The fourth-order valence-electron chi connectivity index (χ4n) is 2.90. The lowest BCUT2D eigenvalue weighted by Crippen LogP contribution is -2.13. The van der Waals surface area contributed by atoms with E-state index in [4.69, 9.17) is 0 Å². The van der Waals surface area contributed by atoms with Crippen LogP contribution in [0.5, 0.6) is 0 Å². The molecule has 3 aromatic rings. The molecule has 0 amide bonds. The fourth-order valence-corrected chi connectivity index (χ4v) is 2.90. The Balaban J connectivity index is 2.53. The first-order chi connectivity index (χ1) is 9.99. The van der Waals surface area contributed by atoms with Gasteiger partial charge in [0.15, 0.2) is 5.43 Å². The van der Waals surface area contributed by atoms with Crippen LogP contribution in [0.1, 0.15) is 22.5 Å². The van der Waals surface area contributed by atoms with E-state index in [1.165, 1.54) is 11.1 Å². The maximum Gasteiger partial charge on any atom is 0.191 e. The van der Waals surface area contributed by atoms with Gasteiger partial charge in [-0.1, -0.05) is 18.2 Å². The predicted octanol–water partition coefficient (Wildman–Crippen LogP) is 3.62. The second-order valence-electron chi connectivity index (χ2n) is 5.57. The Kier molecular flexibility index (Phi) is 3.13. The molecule has 1 aromatic carbocycles. The fraction of sp³-hybridized carbons (Fsp3) is 0.222. The van der Waals surface area contributed by atoms with Gasteiger partial charge in [0.05, 0.1) is 16.6 Å². The van der Waals surface area contributed by atoms with Gasteiger partial charge in [-0.2, -0.15) is 0 Å². The lowest BCUT2D eigenvalue weighted by Gasteiger charge is -2.19. The van der Waals surface area contributed by atoms with Crippen molar-refractivity contribution in [1.82, 2.24) is 9.55 Å². The van der Waals surface area contributed by atoms with E-state index in [0.29, 0.717) is 5.39 Å². The summed E-state index contributed by atoms with van der Waals surface area (Å²) < 4.78 is 2.16. The van der Waals surface area contributed by atoms with Gasteiger partial charge in [-0.25, -0.2) is 0 Å². The molecule has 0 aliphatic carbocycles. The summed E-state index contributed by atoms with van der Waals surface area (Å²) in [5.74, 6) is 0. The summed E-state index contributed by atoms with van der Waals surface area (Å²) in [6, 6.07) is 9.92. The molecule has 0 unspecified atom stereocenters. The van der Waals surface area contributed by atoms with Crippen LogP contribution in [0.4, 0.5) is 0 Å². The van der Waals surface area contributed by atoms with Crippen LogP contribution in [0.15, 0.2) is 41.3 Å². The summed E-state index contributed by atoms with van der Waals surface area (Å²) in [6.07, 6.45) is 1.68. The summed E-state index contributed by atoms with van der Waals surface area (Å²) in [5.41, 5.74) is 6.33. The van der Waals surface area contributed by atoms with E-state index < -0.39 is 0 Å². The third-order valence-corrected chi connectivity index (χ3v) is 3.88. The van der Waals surface area contributed by atoms with Crippen molar-refractivity contribution in [3.63, 3.8) is 0 Å². The van der Waals surface area contributed by atoms with Crippen molar-refractivity contribution < 1.29 is 0 Å². The van der Waals surface area contributed by atoms with Gasteiger partial charge in [0.2, 0.25) is 0 Å². The maximum atomic E-state index is 12.2. The molecule has 0 spiro atoms. The molecule has 21 heavy (non-hydrogen) atoms. The Bertz CT molecular complexity index is 887. The second-order valence-corrected chi connectivity index (χ2v) is 5.57. The van der Waals surface area contributed by atoms with Crippen molar-refractivity contribution in [3.05, 3.63) is 69.3 Å². The topological polar surface area (TPSA) is 34.9 Å². The molecule has 2 aromatic heterocycles. The highest BCUT2D eigenvalue weighted by Crippen LogP contribution is 2.24. The molecule has 0 aliphatic rings. The van der Waals surface area contributed by atoms with Crippen molar-refractivity contribution in [2.24, 2.45) is 0 Å². The van der Waals surface area contributed by atoms with Crippen molar-refractivity contribution >= 4 is 10.9 Å². The lowest BCUT2D eigenvalue weighted by atomic mass is 10.1. The predicted molar refractivity (Wildman–Crippen MR) is 86.3 cm³/mol. The Hall–Kier alpha value is -2.42. The summed E-state index contributed by atoms with van der Waals surface area (Å²) in [7, 11) is 0. The third kappa shape index (κ3) is 2.15. The molecule has 0 bridgehead atoms. The number of hydrogen-bond acceptors (Lipinski definition) is 2. The minimum Gasteiger partial charge on any atom is -0.313 e. The number of benzene rings is 1. The van der Waals surface area contributed by atoms with Gasteiger partial charge >= 0.3 is 0 Å². The van der Waals surface area contributed by atoms with E-state index in [9.17, 15) is 4.79 Å². The highest BCUT2D eigenvalue weighted by atomic mass is 16.1. The SMILES string of the molecule is Cc1cc2c(cn1)c(=O)cc(C)n2-c1c(C)cccc1C. The Morgan fingerprint density at radius 3 is 2.33 bits per heavy atom. The number of aryl methyl sites for hydroxylation is 4. The highest BCUT2D eigenvalue weighted by Gasteiger charge is 2.12. The number of nitrogens with zero attached hydrogens (tertiary/aromatic N) is 2. The largest absolute Gasteiger partial charge is 0.313 e. The number of pyridine rings is 2. The monoisotopic (exact) mass is 278 g/mol. The van der Waals surface area contributed by atoms with Gasteiger partial charge in [0.25, 0.3) is 0 Å². The lowest BCUT2D eigenvalue weighted by molar-refractivity contribution is 0.992. The molecule has 3 nitrogen and oxygen atoms in total. The van der Waals surface area contributed by atoms with Crippen molar-refractivity contribution in [2.45, 2.75) is 27.7 Å². The molecule has 0 fully saturated rings. The molecule has 106 valence electrons. The zero-order valence-electron chi connectivity index (χ0n) is 12.8. The van der Waals surface area contributed by atoms with Crippen LogP contribution in [-0.2, 0) is 0 Å². The molecular formula is C18H18N2O. The Labute approximate surface area is 123 Å². The summed E-state index contributed by atoms with van der Waals surface area (Å²) >= 11 is 0. The van der Waals surface area contributed by atoms with Crippen molar-refractivity contribution in [1.29, 1.82) is 0 Å². The Morgan fingerprint density at radius 1 is 1.00 bits per heavy atom. The minimum atomic E-state index is 0.0255. The second kappa shape index (κ2) is 4.85. The van der Waals surface area contributed by atoms with Crippen LogP contribution < -0.4 is 5.43 Å². The molecule has 0 atom stereocenters. The zero-order valence-corrected chi connectivity index (χ0v) is 12.8. The van der Waals surface area contributed by atoms with E-state index in [1.54, 1.807) is 12.3 Å². The van der Waals surface area contributed by atoms with Gasteiger partial charge < -0.3 is 4.57 Å². The first-order valence-corrected chi connectivity index (χ1v) is 7.04. The summed E-state index contributed by atoms with van der Waals surface area (Å²) in [5, 5.41) is 0.661. The third-order valence-electron chi connectivity index (χ3n) is 3.88. The average Bonchev–Trinajstić information content (AvgIpc) is 2.41. The van der Waals surface area contributed by atoms with Crippen LogP contribution in [0.2, 0.25) is 0 Å². The quantitative estimate of drug-likeness (QED) is 0.681. The van der Waals surface area contributed by atoms with Crippen molar-refractivity contribution in [3.8, 4) is 5.69 Å². The number of hydrogen-bond donors (Lipinski definition) is 0. The first-order valence-electron chi connectivity index (χ1n) is 7.04. The van der Waals surface area contributed by atoms with E-state index in [1.807, 2.05) is 19.9 Å².